The summed E-state index contributed by atoms with van der Waals surface area (Å²) in [5, 5.41) is 11.9. The van der Waals surface area contributed by atoms with Gasteiger partial charge in [0.05, 0.1) is 13.2 Å². The molecule has 0 saturated carbocycles. The average molecular weight is 450 g/mol. The molecule has 32 heavy (non-hydrogen) atoms. The third kappa shape index (κ3) is 17.7. The molecule has 1 aromatic rings. The SMILES string of the molecule is CCCCCCCCCCCCCCCCCCOC(=O)NCCOc1ccc(O)cc1. The first-order valence-corrected chi connectivity index (χ1v) is 13.0. The third-order valence-corrected chi connectivity index (χ3v) is 5.71. The molecular weight excluding hydrogens is 402 g/mol. The van der Waals surface area contributed by atoms with Crippen LogP contribution in [0.1, 0.15) is 110 Å². The van der Waals surface area contributed by atoms with Crippen molar-refractivity contribution in [2.75, 3.05) is 19.8 Å². The second-order valence-electron chi connectivity index (χ2n) is 8.71. The molecule has 0 aliphatic heterocycles. The molecule has 1 rings (SSSR count). The van der Waals surface area contributed by atoms with Crippen LogP contribution in [-0.4, -0.2) is 31.0 Å². The topological polar surface area (TPSA) is 67.8 Å². The van der Waals surface area contributed by atoms with E-state index in [1.807, 2.05) is 0 Å². The number of amides is 1. The van der Waals surface area contributed by atoms with E-state index in [0.29, 0.717) is 25.5 Å². The van der Waals surface area contributed by atoms with E-state index < -0.39 is 0 Å². The molecule has 2 N–H and O–H groups in total. The molecule has 1 amide bonds. The number of carbonyl (C=O) groups excluding carboxylic acids is 1. The molecule has 0 saturated heterocycles. The van der Waals surface area contributed by atoms with Crippen molar-refractivity contribution in [1.29, 1.82) is 0 Å². The quantitative estimate of drug-likeness (QED) is 0.188. The number of phenolic OH excluding ortho intramolecular Hbond substituents is 1. The van der Waals surface area contributed by atoms with E-state index in [-0.39, 0.29) is 11.8 Å². The molecule has 184 valence electrons. The molecular formula is C27H47NO4. The Balaban J connectivity index is 1.75. The van der Waals surface area contributed by atoms with Gasteiger partial charge in [0.25, 0.3) is 0 Å². The van der Waals surface area contributed by atoms with Crippen molar-refractivity contribution >= 4 is 6.09 Å². The van der Waals surface area contributed by atoms with Crippen molar-refractivity contribution in [3.63, 3.8) is 0 Å². The summed E-state index contributed by atoms with van der Waals surface area (Å²) < 4.78 is 10.7. The molecule has 0 atom stereocenters. The second-order valence-corrected chi connectivity index (χ2v) is 8.71. The zero-order valence-corrected chi connectivity index (χ0v) is 20.4. The Morgan fingerprint density at radius 3 is 1.69 bits per heavy atom. The van der Waals surface area contributed by atoms with Crippen LogP contribution in [0.15, 0.2) is 24.3 Å². The lowest BCUT2D eigenvalue weighted by molar-refractivity contribution is 0.142. The van der Waals surface area contributed by atoms with Crippen LogP contribution in [0.5, 0.6) is 11.5 Å². The van der Waals surface area contributed by atoms with Gasteiger partial charge in [0.15, 0.2) is 0 Å². The van der Waals surface area contributed by atoms with Crippen LogP contribution < -0.4 is 10.1 Å². The summed E-state index contributed by atoms with van der Waals surface area (Å²) in [5.74, 6) is 0.860. The normalized spacial score (nSPS) is 10.8. The number of phenols is 1. The molecule has 0 fully saturated rings. The van der Waals surface area contributed by atoms with E-state index in [1.165, 1.54) is 89.9 Å². The highest BCUT2D eigenvalue weighted by atomic mass is 16.5. The van der Waals surface area contributed by atoms with Gasteiger partial charge in [0.1, 0.15) is 18.1 Å². The standard InChI is InChI=1S/C27H47NO4/c1-2-3-4-5-6-7-8-9-10-11-12-13-14-15-16-17-23-32-27(30)28-22-24-31-26-20-18-25(29)19-21-26/h18-21,29H,2-17,22-24H2,1H3,(H,28,30). The molecule has 0 heterocycles. The van der Waals surface area contributed by atoms with Gasteiger partial charge in [0, 0.05) is 0 Å². The van der Waals surface area contributed by atoms with E-state index >= 15 is 0 Å². The molecule has 0 spiro atoms. The summed E-state index contributed by atoms with van der Waals surface area (Å²) in [6.45, 7) is 3.50. The minimum Gasteiger partial charge on any atom is -0.508 e. The first-order valence-electron chi connectivity index (χ1n) is 13.0. The molecule has 5 heteroatoms. The van der Waals surface area contributed by atoms with E-state index in [4.69, 9.17) is 9.47 Å². The number of hydrogen-bond acceptors (Lipinski definition) is 4. The zero-order valence-electron chi connectivity index (χ0n) is 20.4. The predicted molar refractivity (Wildman–Crippen MR) is 132 cm³/mol. The molecule has 5 nitrogen and oxygen atoms in total. The maximum Gasteiger partial charge on any atom is 0.407 e. The molecule has 0 aliphatic carbocycles. The monoisotopic (exact) mass is 449 g/mol. The Bertz CT molecular complexity index is 547. The van der Waals surface area contributed by atoms with Crippen LogP contribution in [0.25, 0.3) is 0 Å². The zero-order chi connectivity index (χ0) is 23.1. The highest BCUT2D eigenvalue weighted by molar-refractivity contribution is 5.67. The fraction of sp³-hybridized carbons (Fsp3) is 0.741. The largest absolute Gasteiger partial charge is 0.508 e. The molecule has 0 bridgehead atoms. The number of hydrogen-bond donors (Lipinski definition) is 2. The van der Waals surface area contributed by atoms with Crippen molar-refractivity contribution in [2.24, 2.45) is 0 Å². The lowest BCUT2D eigenvalue weighted by atomic mass is 10.0. The molecule has 0 aliphatic rings. The van der Waals surface area contributed by atoms with Crippen molar-refractivity contribution in [2.45, 2.75) is 110 Å². The van der Waals surface area contributed by atoms with Gasteiger partial charge in [-0.15, -0.1) is 0 Å². The van der Waals surface area contributed by atoms with E-state index in [1.54, 1.807) is 24.3 Å². The molecule has 0 unspecified atom stereocenters. The summed E-state index contributed by atoms with van der Waals surface area (Å²) >= 11 is 0. The Labute approximate surface area is 196 Å². The summed E-state index contributed by atoms with van der Waals surface area (Å²) in [6, 6.07) is 6.50. The van der Waals surface area contributed by atoms with Gasteiger partial charge in [-0.1, -0.05) is 103 Å². The van der Waals surface area contributed by atoms with Gasteiger partial charge in [0.2, 0.25) is 0 Å². The summed E-state index contributed by atoms with van der Waals surface area (Å²) in [7, 11) is 0. The van der Waals surface area contributed by atoms with Gasteiger partial charge in [-0.05, 0) is 30.7 Å². The Kier molecular flexibility index (Phi) is 18.4. The fourth-order valence-electron chi connectivity index (χ4n) is 3.73. The fourth-order valence-corrected chi connectivity index (χ4v) is 3.73. The van der Waals surface area contributed by atoms with Gasteiger partial charge < -0.3 is 19.9 Å². The number of unbranched alkanes of at least 4 members (excludes halogenated alkanes) is 15. The van der Waals surface area contributed by atoms with Crippen molar-refractivity contribution < 1.29 is 19.4 Å². The minimum absolute atomic E-state index is 0.202. The van der Waals surface area contributed by atoms with E-state index in [0.717, 1.165) is 12.8 Å². The van der Waals surface area contributed by atoms with Gasteiger partial charge in [-0.3, -0.25) is 0 Å². The van der Waals surface area contributed by atoms with Crippen LogP contribution in [0.2, 0.25) is 0 Å². The van der Waals surface area contributed by atoms with Crippen molar-refractivity contribution in [3.05, 3.63) is 24.3 Å². The minimum atomic E-state index is -0.389. The maximum absolute atomic E-state index is 11.6. The smallest absolute Gasteiger partial charge is 0.407 e. The lowest BCUT2D eigenvalue weighted by Crippen LogP contribution is -2.29. The highest BCUT2D eigenvalue weighted by Gasteiger charge is 2.01. The van der Waals surface area contributed by atoms with E-state index in [9.17, 15) is 9.90 Å². The maximum atomic E-state index is 11.6. The van der Waals surface area contributed by atoms with Crippen LogP contribution in [0, 0.1) is 0 Å². The highest BCUT2D eigenvalue weighted by Crippen LogP contribution is 2.16. The number of alkyl carbamates (subject to hydrolysis) is 1. The number of ether oxygens (including phenoxy) is 2. The van der Waals surface area contributed by atoms with Crippen molar-refractivity contribution in [3.8, 4) is 11.5 Å². The predicted octanol–water partition coefficient (Wildman–Crippen LogP) is 7.76. The lowest BCUT2D eigenvalue weighted by Gasteiger charge is -2.08. The first kappa shape index (κ1) is 28.1. The van der Waals surface area contributed by atoms with Gasteiger partial charge in [-0.25, -0.2) is 4.79 Å². The molecule has 0 radical (unpaired) electrons. The van der Waals surface area contributed by atoms with Crippen LogP contribution in [0.4, 0.5) is 4.79 Å². The summed E-state index contributed by atoms with van der Waals surface area (Å²) in [6.07, 6.45) is 20.9. The molecule has 1 aromatic carbocycles. The van der Waals surface area contributed by atoms with E-state index in [2.05, 4.69) is 12.2 Å². The third-order valence-electron chi connectivity index (χ3n) is 5.71. The number of nitrogens with one attached hydrogen (secondary N) is 1. The van der Waals surface area contributed by atoms with Gasteiger partial charge in [-0.2, -0.15) is 0 Å². The number of rotatable bonds is 21. The van der Waals surface area contributed by atoms with Gasteiger partial charge >= 0.3 is 6.09 Å². The molecule has 0 aromatic heterocycles. The van der Waals surface area contributed by atoms with Crippen molar-refractivity contribution in [1.82, 2.24) is 5.32 Å². The van der Waals surface area contributed by atoms with Crippen LogP contribution in [-0.2, 0) is 4.74 Å². The van der Waals surface area contributed by atoms with Crippen LogP contribution in [0.3, 0.4) is 0 Å². The first-order chi connectivity index (χ1) is 15.7. The summed E-state index contributed by atoms with van der Waals surface area (Å²) in [4.78, 5) is 11.6. The Morgan fingerprint density at radius 2 is 1.19 bits per heavy atom. The number of carbonyl (C=O) groups is 1. The average Bonchev–Trinajstić information content (AvgIpc) is 2.80. The summed E-state index contributed by atoms with van der Waals surface area (Å²) in [5.41, 5.74) is 0. The Hall–Kier alpha value is -1.91. The number of aromatic hydroxyl groups is 1. The Morgan fingerprint density at radius 1 is 0.719 bits per heavy atom. The number of benzene rings is 1. The second kappa shape index (κ2) is 21.0. The van der Waals surface area contributed by atoms with Crippen LogP contribution >= 0.6 is 0 Å².